The Labute approximate surface area is 203 Å². The summed E-state index contributed by atoms with van der Waals surface area (Å²) >= 11 is 1.32. The van der Waals surface area contributed by atoms with Crippen molar-refractivity contribution in [1.29, 1.82) is 0 Å². The molecule has 0 fully saturated rings. The van der Waals surface area contributed by atoms with Crippen LogP contribution in [-0.4, -0.2) is 42.5 Å². The summed E-state index contributed by atoms with van der Waals surface area (Å²) in [5.41, 5.74) is 10.9. The first-order valence-corrected chi connectivity index (χ1v) is 12.1. The lowest BCUT2D eigenvalue weighted by atomic mass is 10.0. The highest BCUT2D eigenvalue weighted by molar-refractivity contribution is 7.13. The Balaban J connectivity index is 1.41. The van der Waals surface area contributed by atoms with E-state index in [9.17, 15) is 9.59 Å². The number of nitrogens with one attached hydrogen (secondary N) is 2. The van der Waals surface area contributed by atoms with Crippen LogP contribution in [-0.2, 0) is 13.0 Å². The van der Waals surface area contributed by atoms with E-state index in [4.69, 9.17) is 5.73 Å². The first-order chi connectivity index (χ1) is 16.2. The molecule has 8 nitrogen and oxygen atoms in total. The van der Waals surface area contributed by atoms with Crippen LogP contribution in [0.15, 0.2) is 42.5 Å². The van der Waals surface area contributed by atoms with E-state index >= 15 is 0 Å². The molecule has 0 aliphatic carbocycles. The molecule has 9 heteroatoms. The third-order valence-electron chi connectivity index (χ3n) is 5.84. The van der Waals surface area contributed by atoms with Crippen LogP contribution in [0.2, 0.25) is 0 Å². The van der Waals surface area contributed by atoms with Gasteiger partial charge in [0, 0.05) is 43.3 Å². The topological polar surface area (TPSA) is 104 Å². The molecule has 3 amide bonds. The Morgan fingerprint density at radius 2 is 1.85 bits per heavy atom. The monoisotopic (exact) mass is 478 g/mol. The highest BCUT2D eigenvalue weighted by atomic mass is 32.1. The van der Waals surface area contributed by atoms with Crippen molar-refractivity contribution in [2.24, 2.45) is 0 Å². The van der Waals surface area contributed by atoms with Gasteiger partial charge in [-0.25, -0.2) is 9.78 Å². The molecule has 0 atom stereocenters. The highest BCUT2D eigenvalue weighted by Gasteiger charge is 2.26. The number of benzene rings is 2. The van der Waals surface area contributed by atoms with Gasteiger partial charge in [0.05, 0.1) is 23.6 Å². The molecule has 0 saturated heterocycles. The van der Waals surface area contributed by atoms with E-state index in [0.29, 0.717) is 41.8 Å². The van der Waals surface area contributed by atoms with Crippen molar-refractivity contribution < 1.29 is 9.59 Å². The number of aromatic nitrogens is 1. The normalized spacial score (nSPS) is 12.9. The lowest BCUT2D eigenvalue weighted by Gasteiger charge is -2.26. The summed E-state index contributed by atoms with van der Waals surface area (Å²) < 4.78 is 0. The highest BCUT2D eigenvalue weighted by Crippen LogP contribution is 2.29. The lowest BCUT2D eigenvalue weighted by molar-refractivity contribution is 0.102. The third kappa shape index (κ3) is 5.14. The van der Waals surface area contributed by atoms with Gasteiger partial charge in [-0.2, -0.15) is 0 Å². The number of anilines is 4. The SMILES string of the molecule is CC(C)c1ccc(N)c(NC(=O)c2nc3c(s2)CN(C(=O)Nc2ccc(N(C)C)cc2)CC3)c1. The predicted molar refractivity (Wildman–Crippen MR) is 139 cm³/mol. The van der Waals surface area contributed by atoms with Crippen LogP contribution >= 0.6 is 11.3 Å². The minimum atomic E-state index is -0.288. The number of thiazole rings is 1. The fourth-order valence-electron chi connectivity index (χ4n) is 3.73. The Hall–Kier alpha value is -3.59. The number of nitrogens with two attached hydrogens (primary N) is 1. The second-order valence-corrected chi connectivity index (χ2v) is 9.97. The summed E-state index contributed by atoms with van der Waals surface area (Å²) in [5, 5.41) is 6.22. The summed E-state index contributed by atoms with van der Waals surface area (Å²) in [6.07, 6.45) is 0.608. The molecule has 0 unspecified atom stereocenters. The van der Waals surface area contributed by atoms with Crippen LogP contribution < -0.4 is 21.3 Å². The molecule has 178 valence electrons. The van der Waals surface area contributed by atoms with Crippen molar-refractivity contribution in [2.75, 3.05) is 41.9 Å². The first kappa shape index (κ1) is 23.6. The summed E-state index contributed by atoms with van der Waals surface area (Å²) in [7, 11) is 3.94. The van der Waals surface area contributed by atoms with Gasteiger partial charge in [0.2, 0.25) is 0 Å². The number of fused-ring (bicyclic) bond motifs is 1. The van der Waals surface area contributed by atoms with Gasteiger partial charge in [-0.3, -0.25) is 4.79 Å². The van der Waals surface area contributed by atoms with Gasteiger partial charge < -0.3 is 26.2 Å². The largest absolute Gasteiger partial charge is 0.397 e. The van der Waals surface area contributed by atoms with Gasteiger partial charge >= 0.3 is 6.03 Å². The molecule has 0 saturated carbocycles. The van der Waals surface area contributed by atoms with E-state index in [1.807, 2.05) is 61.5 Å². The summed E-state index contributed by atoms with van der Waals surface area (Å²) in [6, 6.07) is 13.2. The zero-order chi connectivity index (χ0) is 24.4. The molecule has 2 aromatic carbocycles. The van der Waals surface area contributed by atoms with Crippen LogP contribution in [0.4, 0.5) is 27.5 Å². The third-order valence-corrected chi connectivity index (χ3v) is 6.92. The zero-order valence-electron chi connectivity index (χ0n) is 19.9. The van der Waals surface area contributed by atoms with Crippen LogP contribution in [0.25, 0.3) is 0 Å². The molecule has 0 spiro atoms. The number of carbonyl (C=O) groups excluding carboxylic acids is 2. The van der Waals surface area contributed by atoms with Crippen molar-refractivity contribution in [3.63, 3.8) is 0 Å². The van der Waals surface area contributed by atoms with Gasteiger partial charge in [-0.05, 0) is 47.9 Å². The van der Waals surface area contributed by atoms with Crippen molar-refractivity contribution >= 4 is 46.0 Å². The van der Waals surface area contributed by atoms with Crippen LogP contribution in [0, 0.1) is 0 Å². The maximum absolute atomic E-state index is 12.9. The molecule has 3 aromatic rings. The molecule has 1 aliphatic rings. The van der Waals surface area contributed by atoms with E-state index in [-0.39, 0.29) is 11.9 Å². The smallest absolute Gasteiger partial charge is 0.322 e. The second-order valence-electron chi connectivity index (χ2n) is 8.89. The molecule has 0 bridgehead atoms. The van der Waals surface area contributed by atoms with Crippen LogP contribution in [0.5, 0.6) is 0 Å². The van der Waals surface area contributed by atoms with Crippen LogP contribution in [0.3, 0.4) is 0 Å². The van der Waals surface area contributed by atoms with Gasteiger partial charge in [0.1, 0.15) is 0 Å². The van der Waals surface area contributed by atoms with Gasteiger partial charge in [-0.1, -0.05) is 19.9 Å². The maximum Gasteiger partial charge on any atom is 0.322 e. The van der Waals surface area contributed by atoms with E-state index in [0.717, 1.165) is 27.5 Å². The molecule has 4 N–H and O–H groups in total. The molecular formula is C25H30N6O2S. The summed E-state index contributed by atoms with van der Waals surface area (Å²) in [6.45, 7) is 5.15. The number of nitrogens with zero attached hydrogens (tertiary/aromatic N) is 3. The quantitative estimate of drug-likeness (QED) is 0.459. The zero-order valence-corrected chi connectivity index (χ0v) is 20.7. The summed E-state index contributed by atoms with van der Waals surface area (Å²) in [4.78, 5) is 34.9. The maximum atomic E-state index is 12.9. The van der Waals surface area contributed by atoms with E-state index in [1.165, 1.54) is 11.3 Å². The van der Waals surface area contributed by atoms with Crippen molar-refractivity contribution in [3.05, 3.63) is 63.6 Å². The summed E-state index contributed by atoms with van der Waals surface area (Å²) in [5.74, 6) is 0.0375. The fourth-order valence-corrected chi connectivity index (χ4v) is 4.75. The number of carbonyl (C=O) groups is 2. The van der Waals surface area contributed by atoms with E-state index < -0.39 is 0 Å². The Bertz CT molecular complexity index is 1200. The molecule has 4 rings (SSSR count). The fraction of sp³-hybridized carbons (Fsp3) is 0.320. The number of hydrogen-bond donors (Lipinski definition) is 3. The van der Waals surface area contributed by atoms with Crippen LogP contribution in [0.1, 0.15) is 45.7 Å². The van der Waals surface area contributed by atoms with Crippen molar-refractivity contribution in [2.45, 2.75) is 32.7 Å². The van der Waals surface area contributed by atoms with Crippen molar-refractivity contribution in [1.82, 2.24) is 9.88 Å². The van der Waals surface area contributed by atoms with Gasteiger partial charge in [0.25, 0.3) is 5.91 Å². The Morgan fingerprint density at radius 3 is 2.53 bits per heavy atom. The molecule has 1 aliphatic heterocycles. The predicted octanol–water partition coefficient (Wildman–Crippen LogP) is 4.76. The van der Waals surface area contributed by atoms with Gasteiger partial charge in [0.15, 0.2) is 5.01 Å². The molecule has 2 heterocycles. The lowest BCUT2D eigenvalue weighted by Crippen LogP contribution is -2.38. The number of amides is 3. The molecule has 0 radical (unpaired) electrons. The Morgan fingerprint density at radius 1 is 1.12 bits per heavy atom. The average molecular weight is 479 g/mol. The first-order valence-electron chi connectivity index (χ1n) is 11.2. The number of rotatable bonds is 5. The second kappa shape index (κ2) is 9.72. The number of urea groups is 1. The molecule has 34 heavy (non-hydrogen) atoms. The molecular weight excluding hydrogens is 448 g/mol. The Kier molecular flexibility index (Phi) is 6.74. The standard InChI is InChI=1S/C25H30N6O2S/c1-15(2)16-5-10-19(26)21(13-16)28-23(32)24-29-20-11-12-31(14-22(20)34-24)25(33)27-17-6-8-18(9-7-17)30(3)4/h5-10,13,15H,11-12,14,26H2,1-4H3,(H,27,33)(H,28,32). The van der Waals surface area contributed by atoms with Crippen molar-refractivity contribution in [3.8, 4) is 0 Å². The number of nitrogen functional groups attached to an aromatic ring is 1. The van der Waals surface area contributed by atoms with Gasteiger partial charge in [-0.15, -0.1) is 11.3 Å². The van der Waals surface area contributed by atoms with E-state index in [2.05, 4.69) is 29.5 Å². The minimum absolute atomic E-state index is 0.166. The minimum Gasteiger partial charge on any atom is -0.397 e. The number of hydrogen-bond acceptors (Lipinski definition) is 6. The average Bonchev–Trinajstić information content (AvgIpc) is 3.24. The molecule has 1 aromatic heterocycles. The van der Waals surface area contributed by atoms with E-state index in [1.54, 1.807) is 4.90 Å².